The maximum Gasteiger partial charge on any atom is 0.194 e. The number of aliphatic hydroxyl groups excluding tert-OH is 1. The Bertz CT molecular complexity index is 730. The molecule has 2 heterocycles. The molecule has 1 aliphatic heterocycles. The van der Waals surface area contributed by atoms with Gasteiger partial charge in [0.1, 0.15) is 5.76 Å². The Morgan fingerprint density at radius 3 is 2.74 bits per heavy atom. The second-order valence-electron chi connectivity index (χ2n) is 7.08. The Hall–Kier alpha value is -2.31. The molecule has 1 atom stereocenters. The molecule has 0 amide bonds. The number of aliphatic imine (C=N–C) groups is 1. The number of likely N-dealkylation sites (tertiary alicyclic amines) is 1. The molecule has 2 aromatic rings. The van der Waals surface area contributed by atoms with Crippen LogP contribution in [-0.4, -0.2) is 53.7 Å². The molecule has 1 aliphatic rings. The summed E-state index contributed by atoms with van der Waals surface area (Å²) >= 11 is 0. The lowest BCUT2D eigenvalue weighted by Gasteiger charge is -2.21. The number of guanidine groups is 1. The topological polar surface area (TPSA) is 64.2 Å². The van der Waals surface area contributed by atoms with Crippen molar-refractivity contribution >= 4 is 5.96 Å². The van der Waals surface area contributed by atoms with Gasteiger partial charge in [0.15, 0.2) is 5.96 Å². The molecule has 0 unspecified atom stereocenters. The molecular weight excluding hydrogens is 340 g/mol. The highest BCUT2D eigenvalue weighted by Gasteiger charge is 2.22. The average molecular weight is 370 g/mol. The largest absolute Gasteiger partial charge is 0.468 e. The molecule has 2 N–H and O–H groups in total. The van der Waals surface area contributed by atoms with Crippen molar-refractivity contribution in [2.45, 2.75) is 39.1 Å². The third kappa shape index (κ3) is 5.58. The van der Waals surface area contributed by atoms with Crippen LogP contribution in [0.3, 0.4) is 0 Å². The summed E-state index contributed by atoms with van der Waals surface area (Å²) in [5.74, 6) is 1.85. The highest BCUT2D eigenvalue weighted by molar-refractivity contribution is 5.80. The van der Waals surface area contributed by atoms with Crippen molar-refractivity contribution in [3.63, 3.8) is 0 Å². The van der Waals surface area contributed by atoms with Gasteiger partial charge in [0.2, 0.25) is 0 Å². The van der Waals surface area contributed by atoms with E-state index in [0.29, 0.717) is 13.1 Å². The van der Waals surface area contributed by atoms with E-state index in [1.807, 2.05) is 12.1 Å². The first-order valence-electron chi connectivity index (χ1n) is 9.64. The third-order valence-electron chi connectivity index (χ3n) is 4.76. The van der Waals surface area contributed by atoms with E-state index >= 15 is 0 Å². The zero-order chi connectivity index (χ0) is 19.1. The summed E-state index contributed by atoms with van der Waals surface area (Å²) in [7, 11) is 2.10. The van der Waals surface area contributed by atoms with E-state index < -0.39 is 0 Å². The van der Waals surface area contributed by atoms with Gasteiger partial charge in [0, 0.05) is 26.2 Å². The molecule has 0 spiro atoms. The molecule has 1 saturated heterocycles. The van der Waals surface area contributed by atoms with Gasteiger partial charge in [-0.2, -0.15) is 0 Å². The zero-order valence-electron chi connectivity index (χ0n) is 16.3. The van der Waals surface area contributed by atoms with Crippen LogP contribution in [0.2, 0.25) is 0 Å². The third-order valence-corrected chi connectivity index (χ3v) is 4.76. The second-order valence-corrected chi connectivity index (χ2v) is 7.08. The standard InChI is InChI=1S/C21H30N4O2/c1-3-22-21(25-11-10-19(26)15-25)23-13-17-7-4-5-8-18(17)14-24(2)16-20-9-6-12-27-20/h4-9,12,19,26H,3,10-11,13-16H2,1-2H3,(H,22,23)/t19-/m1/s1. The number of aliphatic hydroxyl groups is 1. The summed E-state index contributed by atoms with van der Waals surface area (Å²) in [5.41, 5.74) is 2.49. The predicted molar refractivity (Wildman–Crippen MR) is 107 cm³/mol. The van der Waals surface area contributed by atoms with Gasteiger partial charge < -0.3 is 19.7 Å². The Labute approximate surface area is 161 Å². The molecule has 1 aromatic carbocycles. The second kappa shape index (κ2) is 9.58. The molecule has 0 bridgehead atoms. The van der Waals surface area contributed by atoms with Gasteiger partial charge in [-0.15, -0.1) is 0 Å². The van der Waals surface area contributed by atoms with Crippen LogP contribution in [0.5, 0.6) is 0 Å². The summed E-state index contributed by atoms with van der Waals surface area (Å²) in [6.07, 6.45) is 2.26. The van der Waals surface area contributed by atoms with Gasteiger partial charge in [0.25, 0.3) is 0 Å². The summed E-state index contributed by atoms with van der Waals surface area (Å²) < 4.78 is 5.45. The highest BCUT2D eigenvalue weighted by Crippen LogP contribution is 2.15. The van der Waals surface area contributed by atoms with Crippen molar-refractivity contribution in [3.8, 4) is 0 Å². The number of hydrogen-bond acceptors (Lipinski definition) is 4. The van der Waals surface area contributed by atoms with Crippen molar-refractivity contribution in [3.05, 3.63) is 59.5 Å². The molecule has 27 heavy (non-hydrogen) atoms. The number of furan rings is 1. The van der Waals surface area contributed by atoms with Crippen LogP contribution in [0.4, 0.5) is 0 Å². The number of benzene rings is 1. The number of hydrogen-bond donors (Lipinski definition) is 2. The Kier molecular flexibility index (Phi) is 6.90. The minimum atomic E-state index is -0.253. The van der Waals surface area contributed by atoms with Crippen molar-refractivity contribution in [2.24, 2.45) is 4.99 Å². The lowest BCUT2D eigenvalue weighted by Crippen LogP contribution is -2.40. The number of rotatable bonds is 7. The summed E-state index contributed by atoms with van der Waals surface area (Å²) in [5, 5.41) is 13.2. The van der Waals surface area contributed by atoms with E-state index in [9.17, 15) is 5.11 Å². The van der Waals surface area contributed by atoms with E-state index in [1.165, 1.54) is 11.1 Å². The fourth-order valence-electron chi connectivity index (χ4n) is 3.40. The SMILES string of the molecule is CCNC(=NCc1ccccc1CN(C)Cc1ccco1)N1CC[C@@H](O)C1. The van der Waals surface area contributed by atoms with Crippen LogP contribution in [0, 0.1) is 0 Å². The lowest BCUT2D eigenvalue weighted by atomic mass is 10.1. The maximum atomic E-state index is 9.81. The van der Waals surface area contributed by atoms with Crippen molar-refractivity contribution < 1.29 is 9.52 Å². The minimum Gasteiger partial charge on any atom is -0.468 e. The van der Waals surface area contributed by atoms with Gasteiger partial charge in [-0.25, -0.2) is 4.99 Å². The first-order chi connectivity index (χ1) is 13.2. The Balaban J connectivity index is 1.67. The first kappa shape index (κ1) is 19.5. The molecule has 0 aliphatic carbocycles. The normalized spacial score (nSPS) is 17.7. The van der Waals surface area contributed by atoms with Crippen LogP contribution in [0.15, 0.2) is 52.1 Å². The molecule has 3 rings (SSSR count). The Morgan fingerprint density at radius 2 is 2.07 bits per heavy atom. The number of β-amino-alcohol motifs (C(OH)–C–C–N with tert-alkyl or cyclic N) is 1. The number of nitrogens with zero attached hydrogens (tertiary/aromatic N) is 3. The lowest BCUT2D eigenvalue weighted by molar-refractivity contribution is 0.188. The van der Waals surface area contributed by atoms with Crippen molar-refractivity contribution in [1.29, 1.82) is 0 Å². The molecule has 0 saturated carbocycles. The molecule has 1 fully saturated rings. The maximum absolute atomic E-state index is 9.81. The zero-order valence-corrected chi connectivity index (χ0v) is 16.3. The molecule has 146 valence electrons. The van der Waals surface area contributed by atoms with Gasteiger partial charge in [-0.05, 0) is 43.7 Å². The highest BCUT2D eigenvalue weighted by atomic mass is 16.3. The van der Waals surface area contributed by atoms with Gasteiger partial charge in [-0.3, -0.25) is 4.90 Å². The summed E-state index contributed by atoms with van der Waals surface area (Å²) in [4.78, 5) is 9.21. The fraction of sp³-hybridized carbons (Fsp3) is 0.476. The van der Waals surface area contributed by atoms with Crippen LogP contribution in [-0.2, 0) is 19.6 Å². The van der Waals surface area contributed by atoms with Gasteiger partial charge >= 0.3 is 0 Å². The monoisotopic (exact) mass is 370 g/mol. The number of nitrogens with one attached hydrogen (secondary N) is 1. The van der Waals surface area contributed by atoms with E-state index in [-0.39, 0.29) is 6.10 Å². The molecule has 6 heteroatoms. The quantitative estimate of drug-likeness (QED) is 0.579. The van der Waals surface area contributed by atoms with E-state index in [2.05, 4.69) is 53.4 Å². The first-order valence-corrected chi connectivity index (χ1v) is 9.64. The summed E-state index contributed by atoms with van der Waals surface area (Å²) in [6.45, 7) is 6.63. The van der Waals surface area contributed by atoms with Crippen LogP contribution < -0.4 is 5.32 Å². The van der Waals surface area contributed by atoms with E-state index in [0.717, 1.165) is 44.3 Å². The van der Waals surface area contributed by atoms with Gasteiger partial charge in [-0.1, -0.05) is 24.3 Å². The smallest absolute Gasteiger partial charge is 0.194 e. The van der Waals surface area contributed by atoms with E-state index in [1.54, 1.807) is 6.26 Å². The van der Waals surface area contributed by atoms with Gasteiger partial charge in [0.05, 0.1) is 25.5 Å². The fourth-order valence-corrected chi connectivity index (χ4v) is 3.40. The molecular formula is C21H30N4O2. The summed E-state index contributed by atoms with van der Waals surface area (Å²) in [6, 6.07) is 12.4. The predicted octanol–water partition coefficient (Wildman–Crippen LogP) is 2.44. The van der Waals surface area contributed by atoms with Crippen LogP contribution >= 0.6 is 0 Å². The van der Waals surface area contributed by atoms with Crippen LogP contribution in [0.1, 0.15) is 30.2 Å². The van der Waals surface area contributed by atoms with Crippen LogP contribution in [0.25, 0.3) is 0 Å². The average Bonchev–Trinajstić information content (AvgIpc) is 3.31. The molecule has 6 nitrogen and oxygen atoms in total. The minimum absolute atomic E-state index is 0.253. The van der Waals surface area contributed by atoms with E-state index in [4.69, 9.17) is 9.41 Å². The molecule has 0 radical (unpaired) electrons. The van der Waals surface area contributed by atoms with Crippen molar-refractivity contribution in [2.75, 3.05) is 26.7 Å². The van der Waals surface area contributed by atoms with Crippen molar-refractivity contribution in [1.82, 2.24) is 15.1 Å². The molecule has 1 aromatic heterocycles. The Morgan fingerprint density at radius 1 is 1.26 bits per heavy atom.